The smallest absolute Gasteiger partial charge is 0.389 e. The Morgan fingerprint density at radius 2 is 1.62 bits per heavy atom. The van der Waals surface area contributed by atoms with Crippen LogP contribution in [0.1, 0.15) is 42.0 Å². The maximum Gasteiger partial charge on any atom is 0.389 e. The molecule has 0 unspecified atom stereocenters. The predicted molar refractivity (Wildman–Crippen MR) is 142 cm³/mol. The zero-order chi connectivity index (χ0) is 28.0. The van der Waals surface area contributed by atoms with Crippen molar-refractivity contribution in [3.8, 4) is 11.5 Å². The van der Waals surface area contributed by atoms with E-state index in [1.807, 2.05) is 31.2 Å². The second kappa shape index (κ2) is 12.1. The van der Waals surface area contributed by atoms with Gasteiger partial charge in [-0.05, 0) is 72.9 Å². The second-order valence-electron chi connectivity index (χ2n) is 9.27. The number of benzene rings is 3. The first-order valence-corrected chi connectivity index (χ1v) is 12.5. The Morgan fingerprint density at radius 3 is 2.23 bits per heavy atom. The highest BCUT2D eigenvalue weighted by Gasteiger charge is 2.33. The van der Waals surface area contributed by atoms with Crippen LogP contribution in [0.15, 0.2) is 78.4 Å². The zero-order valence-corrected chi connectivity index (χ0v) is 21.6. The number of hydrogen-bond donors (Lipinski definition) is 2. The van der Waals surface area contributed by atoms with Crippen molar-refractivity contribution in [2.75, 3.05) is 19.0 Å². The molecule has 0 aromatic heterocycles. The largest absolute Gasteiger partial charge is 0.497 e. The molecule has 1 aliphatic heterocycles. The molecule has 0 fully saturated rings. The number of carbonyl (C=O) groups is 2. The molecule has 0 aliphatic carbocycles. The minimum atomic E-state index is -4.21. The molecule has 0 saturated carbocycles. The van der Waals surface area contributed by atoms with Gasteiger partial charge in [0.2, 0.25) is 0 Å². The van der Waals surface area contributed by atoms with Gasteiger partial charge in [0.1, 0.15) is 17.1 Å². The third kappa shape index (κ3) is 7.40. The van der Waals surface area contributed by atoms with Crippen LogP contribution in [0.5, 0.6) is 11.5 Å². The number of methoxy groups -OCH3 is 1. The molecular formula is C30H29F3N2O4. The van der Waals surface area contributed by atoms with Crippen molar-refractivity contribution in [3.05, 3.63) is 95.1 Å². The summed E-state index contributed by atoms with van der Waals surface area (Å²) >= 11 is 0. The summed E-state index contributed by atoms with van der Waals surface area (Å²) in [5.41, 5.74) is 3.77. The van der Waals surface area contributed by atoms with Gasteiger partial charge in [0.05, 0.1) is 19.8 Å². The number of hydrogen-bond acceptors (Lipinski definition) is 4. The lowest BCUT2D eigenvalue weighted by atomic mass is 9.86. The number of ether oxygens (including phenoxy) is 2. The number of aryl methyl sites for hydroxylation is 1. The van der Waals surface area contributed by atoms with Crippen LogP contribution in [0, 0.1) is 6.92 Å². The van der Waals surface area contributed by atoms with Gasteiger partial charge in [-0.3, -0.25) is 9.59 Å². The van der Waals surface area contributed by atoms with E-state index in [1.165, 1.54) is 0 Å². The Balaban J connectivity index is 1.54. The molecule has 0 radical (unpaired) electrons. The highest BCUT2D eigenvalue weighted by atomic mass is 19.4. The van der Waals surface area contributed by atoms with Crippen molar-refractivity contribution < 1.29 is 32.2 Å². The molecule has 39 heavy (non-hydrogen) atoms. The number of amides is 2. The first-order valence-electron chi connectivity index (χ1n) is 12.5. The van der Waals surface area contributed by atoms with Crippen LogP contribution in [0.25, 0.3) is 5.57 Å². The predicted octanol–water partition coefficient (Wildman–Crippen LogP) is 6.38. The first-order chi connectivity index (χ1) is 18.6. The van der Waals surface area contributed by atoms with Gasteiger partial charge < -0.3 is 20.1 Å². The number of rotatable bonds is 9. The standard InChI is InChI=1S/C30H29F3N2O4/c1-19-4-6-20(7-5-19)25-18-26(21-8-12-24(13-9-21)39-17-3-16-30(31,32)33)35-29(37)27(25)28(36)34-22-10-14-23(38-2)15-11-22/h4-15,26H,3,16-18H2,1-2H3,(H,34,36)(H,35,37)/t26-/m1/s1. The molecule has 1 aliphatic rings. The third-order valence-electron chi connectivity index (χ3n) is 6.37. The second-order valence-corrected chi connectivity index (χ2v) is 9.27. The molecule has 3 aromatic carbocycles. The van der Waals surface area contributed by atoms with Crippen molar-refractivity contribution in [1.29, 1.82) is 0 Å². The summed E-state index contributed by atoms with van der Waals surface area (Å²) in [7, 11) is 1.55. The minimum Gasteiger partial charge on any atom is -0.497 e. The highest BCUT2D eigenvalue weighted by molar-refractivity contribution is 6.28. The van der Waals surface area contributed by atoms with Crippen LogP contribution < -0.4 is 20.1 Å². The fourth-order valence-corrected chi connectivity index (χ4v) is 4.31. The summed E-state index contributed by atoms with van der Waals surface area (Å²) < 4.78 is 47.6. The Kier molecular flexibility index (Phi) is 8.59. The van der Waals surface area contributed by atoms with Crippen molar-refractivity contribution >= 4 is 23.1 Å². The van der Waals surface area contributed by atoms with E-state index in [0.29, 0.717) is 29.2 Å². The van der Waals surface area contributed by atoms with E-state index in [-0.39, 0.29) is 18.6 Å². The Bertz CT molecular complexity index is 1330. The topological polar surface area (TPSA) is 76.7 Å². The average Bonchev–Trinajstić information content (AvgIpc) is 2.91. The molecule has 3 aromatic rings. The summed E-state index contributed by atoms with van der Waals surface area (Å²) in [6.45, 7) is 1.91. The van der Waals surface area contributed by atoms with E-state index < -0.39 is 30.5 Å². The van der Waals surface area contributed by atoms with E-state index in [9.17, 15) is 22.8 Å². The molecule has 2 amide bonds. The van der Waals surface area contributed by atoms with Crippen molar-refractivity contribution in [1.82, 2.24) is 5.32 Å². The lowest BCUT2D eigenvalue weighted by Crippen LogP contribution is -2.38. The highest BCUT2D eigenvalue weighted by Crippen LogP contribution is 2.35. The summed E-state index contributed by atoms with van der Waals surface area (Å²) in [6.07, 6.45) is -4.87. The van der Waals surface area contributed by atoms with Gasteiger partial charge in [-0.2, -0.15) is 13.2 Å². The lowest BCUT2D eigenvalue weighted by molar-refractivity contribution is -0.136. The first kappa shape index (κ1) is 27.8. The lowest BCUT2D eigenvalue weighted by Gasteiger charge is -2.28. The summed E-state index contributed by atoms with van der Waals surface area (Å²) in [5.74, 6) is 0.0649. The van der Waals surface area contributed by atoms with Gasteiger partial charge in [0.15, 0.2) is 0 Å². The number of halogens is 3. The quantitative estimate of drug-likeness (QED) is 0.245. The monoisotopic (exact) mass is 538 g/mol. The maximum atomic E-state index is 13.3. The normalized spacial score (nSPS) is 15.5. The zero-order valence-electron chi connectivity index (χ0n) is 21.6. The maximum absolute atomic E-state index is 13.3. The van der Waals surface area contributed by atoms with Gasteiger partial charge in [0.25, 0.3) is 11.8 Å². The van der Waals surface area contributed by atoms with Crippen LogP contribution in [0.2, 0.25) is 0 Å². The number of carbonyl (C=O) groups excluding carboxylic acids is 2. The Hall–Kier alpha value is -4.27. The SMILES string of the molecule is COc1ccc(NC(=O)C2=C(c3ccc(C)cc3)C[C@H](c3ccc(OCCCC(F)(F)F)cc3)NC2=O)cc1. The van der Waals surface area contributed by atoms with Crippen molar-refractivity contribution in [2.24, 2.45) is 0 Å². The molecule has 6 nitrogen and oxygen atoms in total. The van der Waals surface area contributed by atoms with Crippen LogP contribution in [0.4, 0.5) is 18.9 Å². The van der Waals surface area contributed by atoms with Gasteiger partial charge >= 0.3 is 6.18 Å². The molecule has 0 bridgehead atoms. The number of anilines is 1. The Morgan fingerprint density at radius 1 is 0.974 bits per heavy atom. The molecule has 4 rings (SSSR count). The van der Waals surface area contributed by atoms with Crippen molar-refractivity contribution in [2.45, 2.75) is 38.4 Å². The molecule has 1 heterocycles. The van der Waals surface area contributed by atoms with E-state index in [1.54, 1.807) is 55.6 Å². The van der Waals surface area contributed by atoms with Gasteiger partial charge in [0, 0.05) is 12.1 Å². The van der Waals surface area contributed by atoms with E-state index in [2.05, 4.69) is 10.6 Å². The number of nitrogens with one attached hydrogen (secondary N) is 2. The molecular weight excluding hydrogens is 509 g/mol. The third-order valence-corrected chi connectivity index (χ3v) is 6.37. The van der Waals surface area contributed by atoms with Gasteiger partial charge in [-0.1, -0.05) is 42.0 Å². The van der Waals surface area contributed by atoms with Gasteiger partial charge in [-0.15, -0.1) is 0 Å². The van der Waals surface area contributed by atoms with Crippen LogP contribution in [0.3, 0.4) is 0 Å². The van der Waals surface area contributed by atoms with E-state index in [4.69, 9.17) is 9.47 Å². The van der Waals surface area contributed by atoms with E-state index in [0.717, 1.165) is 16.7 Å². The molecule has 204 valence electrons. The summed E-state index contributed by atoms with van der Waals surface area (Å²) in [5, 5.41) is 5.72. The van der Waals surface area contributed by atoms with E-state index >= 15 is 0 Å². The molecule has 1 atom stereocenters. The van der Waals surface area contributed by atoms with Crippen LogP contribution in [-0.2, 0) is 9.59 Å². The number of alkyl halides is 3. The fraction of sp³-hybridized carbons (Fsp3) is 0.267. The molecule has 0 spiro atoms. The molecule has 0 saturated heterocycles. The fourth-order valence-electron chi connectivity index (χ4n) is 4.31. The Labute approximate surface area is 224 Å². The van der Waals surface area contributed by atoms with Crippen LogP contribution in [-0.4, -0.2) is 31.7 Å². The summed E-state index contributed by atoms with van der Waals surface area (Å²) in [6, 6.07) is 20.9. The average molecular weight is 539 g/mol. The minimum absolute atomic E-state index is 0.0375. The molecule has 9 heteroatoms. The van der Waals surface area contributed by atoms with Crippen LogP contribution >= 0.6 is 0 Å². The van der Waals surface area contributed by atoms with Crippen molar-refractivity contribution in [3.63, 3.8) is 0 Å². The molecule has 2 N–H and O–H groups in total. The van der Waals surface area contributed by atoms with Gasteiger partial charge in [-0.25, -0.2) is 0 Å². The summed E-state index contributed by atoms with van der Waals surface area (Å²) in [4.78, 5) is 26.6.